The average molecular weight is 791 g/mol. The van der Waals surface area contributed by atoms with Gasteiger partial charge in [0.2, 0.25) is 0 Å². The van der Waals surface area contributed by atoms with Gasteiger partial charge in [-0.25, -0.2) is 0 Å². The fraction of sp³-hybridized carbons (Fsp3) is 0. The molecule has 0 aliphatic rings. The van der Waals surface area contributed by atoms with E-state index in [1.807, 2.05) is 12.2 Å². The largest absolute Gasteiger partial charge is 0.310 e. The monoisotopic (exact) mass is 790 g/mol. The second-order valence-electron chi connectivity index (χ2n) is 15.9. The Balaban J connectivity index is 1.03. The molecule has 292 valence electrons. The summed E-state index contributed by atoms with van der Waals surface area (Å²) in [5, 5.41) is 3.73. The molecular weight excluding hydrogens is 749 g/mol. The maximum absolute atomic E-state index is 3.91. The van der Waals surface area contributed by atoms with Gasteiger partial charge in [0, 0.05) is 33.2 Å². The molecule has 0 aliphatic carbocycles. The normalized spacial score (nSPS) is 11.5. The van der Waals surface area contributed by atoms with Crippen molar-refractivity contribution >= 4 is 38.8 Å². The van der Waals surface area contributed by atoms with E-state index in [2.05, 4.69) is 246 Å². The van der Waals surface area contributed by atoms with Crippen molar-refractivity contribution in [1.82, 2.24) is 9.13 Å². The maximum atomic E-state index is 3.91. The molecule has 11 aromatic rings. The summed E-state index contributed by atoms with van der Waals surface area (Å²) in [6.45, 7) is 3.91. The Hall–Kier alpha value is -8.20. The van der Waals surface area contributed by atoms with E-state index in [1.54, 1.807) is 0 Å². The van der Waals surface area contributed by atoms with E-state index in [0.29, 0.717) is 0 Å². The van der Waals surface area contributed by atoms with Gasteiger partial charge in [0.05, 0.1) is 16.6 Å². The van der Waals surface area contributed by atoms with Crippen LogP contribution in [0.3, 0.4) is 0 Å². The summed E-state index contributed by atoms with van der Waals surface area (Å²) in [5.74, 6) is 0. The van der Waals surface area contributed by atoms with Gasteiger partial charge in [0.25, 0.3) is 0 Å². The van der Waals surface area contributed by atoms with E-state index in [-0.39, 0.29) is 0 Å². The van der Waals surface area contributed by atoms with Crippen LogP contribution < -0.4 is 0 Å². The molecule has 9 aromatic carbocycles. The highest BCUT2D eigenvalue weighted by molar-refractivity contribution is 6.09. The van der Waals surface area contributed by atoms with Crippen molar-refractivity contribution in [3.05, 3.63) is 249 Å². The molecule has 2 aromatic heterocycles. The van der Waals surface area contributed by atoms with Crippen molar-refractivity contribution < 1.29 is 0 Å². The van der Waals surface area contributed by atoms with Crippen LogP contribution in [0.25, 0.3) is 106 Å². The van der Waals surface area contributed by atoms with Crippen LogP contribution in [0.4, 0.5) is 0 Å². The third-order valence-electron chi connectivity index (χ3n) is 12.1. The molecule has 2 heteroatoms. The van der Waals surface area contributed by atoms with Crippen molar-refractivity contribution in [1.29, 1.82) is 0 Å². The third-order valence-corrected chi connectivity index (χ3v) is 12.1. The second-order valence-corrected chi connectivity index (χ2v) is 15.9. The average Bonchev–Trinajstić information content (AvgIpc) is 3.89. The van der Waals surface area contributed by atoms with Crippen LogP contribution in [-0.2, 0) is 0 Å². The zero-order valence-corrected chi connectivity index (χ0v) is 34.2. The minimum atomic E-state index is 1.11. The van der Waals surface area contributed by atoms with Gasteiger partial charge in [-0.05, 0) is 147 Å². The van der Waals surface area contributed by atoms with Gasteiger partial charge in [-0.1, -0.05) is 158 Å². The van der Waals surface area contributed by atoms with Crippen LogP contribution in [0.2, 0.25) is 0 Å². The number of benzene rings is 9. The fourth-order valence-electron chi connectivity index (χ4n) is 9.08. The SMILES string of the molecule is C=C/C=C\c1cc2ccccc2n1-c1ccc(-c2cc(-c3ccccc3)cc(-c3cc(-c4ccccc4)cc(-c4ccc(-n5c6ccccc6c6ccccc65)cc4)c3)c2)cc1. The highest BCUT2D eigenvalue weighted by atomic mass is 15.0. The number of para-hydroxylation sites is 3. The van der Waals surface area contributed by atoms with E-state index in [0.717, 1.165) is 22.6 Å². The maximum Gasteiger partial charge on any atom is 0.0541 e. The Bertz CT molecular complexity index is 3380. The lowest BCUT2D eigenvalue weighted by molar-refractivity contribution is 1.11. The molecule has 2 nitrogen and oxygen atoms in total. The summed E-state index contributed by atoms with van der Waals surface area (Å²) in [6, 6.07) is 81.7. The molecule has 0 saturated heterocycles. The Morgan fingerprint density at radius 1 is 0.306 bits per heavy atom. The standard InChI is InChI=1S/C60H42N2/c1-2-3-21-55-41-46-20-10-13-24-58(46)61(55)53-31-27-44(28-32-53)49-35-47(42-16-6-4-7-17-42)37-51(39-49)52-38-48(43-18-8-5-9-19-43)36-50(40-52)45-29-33-54(34-30-45)62-59-25-14-11-22-56(59)57-23-12-15-26-60(57)62/h2-41H,1H2/b21-3-. The van der Waals surface area contributed by atoms with Crippen LogP contribution >= 0.6 is 0 Å². The molecule has 0 atom stereocenters. The molecule has 0 fully saturated rings. The Morgan fingerprint density at radius 2 is 0.677 bits per heavy atom. The summed E-state index contributed by atoms with van der Waals surface area (Å²) in [4.78, 5) is 0. The van der Waals surface area contributed by atoms with Crippen molar-refractivity contribution in [2.75, 3.05) is 0 Å². The van der Waals surface area contributed by atoms with E-state index in [4.69, 9.17) is 0 Å². The number of allylic oxidation sites excluding steroid dienone is 2. The predicted octanol–water partition coefficient (Wildman–Crippen LogP) is 16.3. The van der Waals surface area contributed by atoms with Gasteiger partial charge >= 0.3 is 0 Å². The van der Waals surface area contributed by atoms with E-state index < -0.39 is 0 Å². The van der Waals surface area contributed by atoms with Gasteiger partial charge in [-0.2, -0.15) is 0 Å². The number of hydrogen-bond donors (Lipinski definition) is 0. The predicted molar refractivity (Wildman–Crippen MR) is 264 cm³/mol. The van der Waals surface area contributed by atoms with Crippen molar-refractivity contribution in [3.8, 4) is 67.0 Å². The molecule has 0 aliphatic heterocycles. The van der Waals surface area contributed by atoms with Gasteiger partial charge in [-0.15, -0.1) is 0 Å². The molecule has 0 amide bonds. The highest BCUT2D eigenvalue weighted by Crippen LogP contribution is 2.39. The van der Waals surface area contributed by atoms with E-state index in [1.165, 1.54) is 82.8 Å². The molecule has 0 N–H and O–H groups in total. The number of aromatic nitrogens is 2. The molecule has 0 unspecified atom stereocenters. The summed E-state index contributed by atoms with van der Waals surface area (Å²) < 4.78 is 4.69. The van der Waals surface area contributed by atoms with E-state index >= 15 is 0 Å². The lowest BCUT2D eigenvalue weighted by atomic mass is 9.90. The van der Waals surface area contributed by atoms with Gasteiger partial charge in [-0.3, -0.25) is 0 Å². The first-order valence-corrected chi connectivity index (χ1v) is 21.2. The molecule has 0 spiro atoms. The minimum Gasteiger partial charge on any atom is -0.310 e. The zero-order chi connectivity index (χ0) is 41.4. The Kier molecular flexibility index (Phi) is 9.37. The van der Waals surface area contributed by atoms with Crippen molar-refractivity contribution in [2.24, 2.45) is 0 Å². The van der Waals surface area contributed by atoms with Crippen molar-refractivity contribution in [3.63, 3.8) is 0 Å². The lowest BCUT2D eigenvalue weighted by Crippen LogP contribution is -1.96. The van der Waals surface area contributed by atoms with Gasteiger partial charge in [0.1, 0.15) is 0 Å². The molecule has 11 rings (SSSR count). The van der Waals surface area contributed by atoms with Gasteiger partial charge < -0.3 is 9.13 Å². The summed E-state index contributed by atoms with van der Waals surface area (Å²) in [7, 11) is 0. The van der Waals surface area contributed by atoms with Crippen LogP contribution in [0.5, 0.6) is 0 Å². The number of nitrogens with zero attached hydrogens (tertiary/aromatic N) is 2. The first-order chi connectivity index (χ1) is 30.7. The van der Waals surface area contributed by atoms with Gasteiger partial charge in [0.15, 0.2) is 0 Å². The van der Waals surface area contributed by atoms with Crippen LogP contribution in [0.1, 0.15) is 5.69 Å². The highest BCUT2D eigenvalue weighted by Gasteiger charge is 2.15. The minimum absolute atomic E-state index is 1.11. The smallest absolute Gasteiger partial charge is 0.0541 e. The summed E-state index contributed by atoms with van der Waals surface area (Å²) in [5.41, 5.74) is 18.7. The molecule has 0 bridgehead atoms. The second kappa shape index (κ2) is 15.8. The summed E-state index contributed by atoms with van der Waals surface area (Å²) >= 11 is 0. The fourth-order valence-corrected chi connectivity index (χ4v) is 9.08. The Labute approximate surface area is 362 Å². The number of fused-ring (bicyclic) bond motifs is 4. The molecule has 62 heavy (non-hydrogen) atoms. The van der Waals surface area contributed by atoms with Crippen LogP contribution in [0, 0.1) is 0 Å². The molecular formula is C60H42N2. The third kappa shape index (κ3) is 6.74. The zero-order valence-electron chi connectivity index (χ0n) is 34.2. The van der Waals surface area contributed by atoms with E-state index in [9.17, 15) is 0 Å². The molecule has 0 saturated carbocycles. The first kappa shape index (κ1) is 36.8. The Morgan fingerprint density at radius 3 is 1.15 bits per heavy atom. The molecule has 0 radical (unpaired) electrons. The van der Waals surface area contributed by atoms with Crippen LogP contribution in [0.15, 0.2) is 243 Å². The number of rotatable bonds is 9. The molecule has 2 heterocycles. The lowest BCUT2D eigenvalue weighted by Gasteiger charge is -2.15. The quantitative estimate of drug-likeness (QED) is 0.129. The van der Waals surface area contributed by atoms with Crippen LogP contribution in [-0.4, -0.2) is 9.13 Å². The topological polar surface area (TPSA) is 9.86 Å². The number of hydrogen-bond acceptors (Lipinski definition) is 0. The first-order valence-electron chi connectivity index (χ1n) is 21.2. The summed E-state index contributed by atoms with van der Waals surface area (Å²) in [6.07, 6.45) is 5.94. The van der Waals surface area contributed by atoms with Crippen molar-refractivity contribution in [2.45, 2.75) is 0 Å².